The second kappa shape index (κ2) is 3.11. The van der Waals surface area contributed by atoms with Gasteiger partial charge in [0.1, 0.15) is 0 Å². The van der Waals surface area contributed by atoms with Crippen LogP contribution in [0.5, 0.6) is 0 Å². The molecule has 0 saturated heterocycles. The minimum Gasteiger partial charge on any atom is -0.0802 e. The van der Waals surface area contributed by atoms with E-state index >= 15 is 0 Å². The molecule has 0 aromatic rings. The summed E-state index contributed by atoms with van der Waals surface area (Å²) in [5.74, 6) is 0. The van der Waals surface area contributed by atoms with Gasteiger partial charge in [-0.25, -0.2) is 0 Å². The molecule has 1 radical (unpaired) electrons. The van der Waals surface area contributed by atoms with Gasteiger partial charge in [0, 0.05) is 17.1 Å². The summed E-state index contributed by atoms with van der Waals surface area (Å²) in [6.45, 7) is 4.33. The van der Waals surface area contributed by atoms with Crippen LogP contribution in [0.4, 0.5) is 0 Å². The second-order valence-electron chi connectivity index (χ2n) is 2.07. The van der Waals surface area contributed by atoms with Crippen molar-refractivity contribution in [3.63, 3.8) is 0 Å². The topological polar surface area (TPSA) is 0 Å². The van der Waals surface area contributed by atoms with Gasteiger partial charge in [0.25, 0.3) is 0 Å². The first-order valence-electron chi connectivity index (χ1n) is 2.63. The maximum atomic E-state index is 2.20. The Morgan fingerprint density at radius 1 is 1.38 bits per heavy atom. The van der Waals surface area contributed by atoms with Crippen LogP contribution in [-0.4, -0.2) is 0 Å². The minimum atomic E-state index is 0. The third-order valence-electron chi connectivity index (χ3n) is 1.47. The van der Waals surface area contributed by atoms with Gasteiger partial charge in [-0.15, -0.1) is 0 Å². The fourth-order valence-corrected chi connectivity index (χ4v) is 0.716. The molecule has 1 heteroatoms. The van der Waals surface area contributed by atoms with E-state index in [4.69, 9.17) is 0 Å². The van der Waals surface area contributed by atoms with Gasteiger partial charge in [-0.1, -0.05) is 23.3 Å². The van der Waals surface area contributed by atoms with Gasteiger partial charge >= 0.3 is 0 Å². The zero-order valence-electron chi connectivity index (χ0n) is 5.24. The summed E-state index contributed by atoms with van der Waals surface area (Å²) in [6, 6.07) is 0. The first-order valence-corrected chi connectivity index (χ1v) is 2.63. The fourth-order valence-electron chi connectivity index (χ4n) is 0.716. The molecule has 0 bridgehead atoms. The second-order valence-corrected chi connectivity index (χ2v) is 2.07. The summed E-state index contributed by atoms with van der Waals surface area (Å²) in [5, 5.41) is 0. The van der Waals surface area contributed by atoms with E-state index in [-0.39, 0.29) is 17.1 Å². The monoisotopic (exact) mass is 149 g/mol. The summed E-state index contributed by atoms with van der Waals surface area (Å²) >= 11 is 0. The Morgan fingerprint density at radius 2 is 2.00 bits per heavy atom. The van der Waals surface area contributed by atoms with Crippen molar-refractivity contribution >= 4 is 0 Å². The molecule has 0 spiro atoms. The molecule has 0 nitrogen and oxygen atoms in total. The van der Waals surface area contributed by atoms with E-state index in [1.165, 1.54) is 17.6 Å². The molecule has 1 aliphatic rings. The molecule has 0 amide bonds. The Kier molecular flexibility index (Phi) is 3.11. The van der Waals surface area contributed by atoms with Gasteiger partial charge in [0.05, 0.1) is 0 Å². The zero-order chi connectivity index (χ0) is 5.28. The van der Waals surface area contributed by atoms with E-state index in [0.717, 1.165) is 0 Å². The first kappa shape index (κ1) is 8.00. The Morgan fingerprint density at radius 3 is 2.12 bits per heavy atom. The van der Waals surface area contributed by atoms with Crippen molar-refractivity contribution in [3.05, 3.63) is 23.3 Å². The normalized spacial score (nSPS) is 16.8. The van der Waals surface area contributed by atoms with Crippen LogP contribution >= 0.6 is 0 Å². The molecule has 0 aromatic carbocycles. The van der Waals surface area contributed by atoms with E-state index in [2.05, 4.69) is 26.0 Å². The Hall–Kier alpha value is -0.000519. The van der Waals surface area contributed by atoms with Crippen molar-refractivity contribution in [2.75, 3.05) is 0 Å². The molecule has 8 heavy (non-hydrogen) atoms. The van der Waals surface area contributed by atoms with Gasteiger partial charge in [-0.2, -0.15) is 0 Å². The number of hydrogen-bond acceptors (Lipinski definition) is 0. The fraction of sp³-hybridized carbons (Fsp3) is 0.429. The van der Waals surface area contributed by atoms with Crippen molar-refractivity contribution in [3.8, 4) is 0 Å². The molecule has 0 heterocycles. The van der Waals surface area contributed by atoms with E-state index in [9.17, 15) is 0 Å². The van der Waals surface area contributed by atoms with E-state index in [0.29, 0.717) is 0 Å². The van der Waals surface area contributed by atoms with Crippen molar-refractivity contribution in [1.82, 2.24) is 0 Å². The van der Waals surface area contributed by atoms with Crippen molar-refractivity contribution in [1.29, 1.82) is 0 Å². The summed E-state index contributed by atoms with van der Waals surface area (Å²) < 4.78 is 0. The van der Waals surface area contributed by atoms with Crippen molar-refractivity contribution in [2.24, 2.45) is 0 Å². The molecule has 0 fully saturated rings. The molecular formula is C7H10Mn. The van der Waals surface area contributed by atoms with Gasteiger partial charge in [-0.3, -0.25) is 0 Å². The minimum absolute atomic E-state index is 0. The molecule has 1 aliphatic carbocycles. The van der Waals surface area contributed by atoms with Gasteiger partial charge < -0.3 is 0 Å². The van der Waals surface area contributed by atoms with Crippen LogP contribution in [0.1, 0.15) is 20.3 Å². The smallest absolute Gasteiger partial charge is 0 e. The molecule has 45 valence electrons. The third-order valence-corrected chi connectivity index (χ3v) is 1.47. The average molecular weight is 149 g/mol. The van der Waals surface area contributed by atoms with Gasteiger partial charge in [0.15, 0.2) is 0 Å². The van der Waals surface area contributed by atoms with Crippen molar-refractivity contribution < 1.29 is 17.1 Å². The van der Waals surface area contributed by atoms with Crippen molar-refractivity contribution in [2.45, 2.75) is 20.3 Å². The number of rotatable bonds is 0. The molecule has 0 aliphatic heterocycles. The predicted octanol–water partition coefficient (Wildman–Crippen LogP) is 2.28. The van der Waals surface area contributed by atoms with E-state index in [1.807, 2.05) is 0 Å². The summed E-state index contributed by atoms with van der Waals surface area (Å²) in [6.07, 6.45) is 5.55. The van der Waals surface area contributed by atoms with Crippen LogP contribution < -0.4 is 0 Å². The predicted molar refractivity (Wildman–Crippen MR) is 32.1 cm³/mol. The molecule has 0 unspecified atom stereocenters. The maximum Gasteiger partial charge on any atom is 0 e. The zero-order valence-corrected chi connectivity index (χ0v) is 6.42. The summed E-state index contributed by atoms with van der Waals surface area (Å²) in [4.78, 5) is 0. The summed E-state index contributed by atoms with van der Waals surface area (Å²) in [5.41, 5.74) is 2.96. The number of allylic oxidation sites excluding steroid dienone is 4. The Labute approximate surface area is 61.1 Å². The van der Waals surface area contributed by atoms with Crippen LogP contribution in [0.25, 0.3) is 0 Å². The van der Waals surface area contributed by atoms with Gasteiger partial charge in [-0.05, 0) is 20.3 Å². The standard InChI is InChI=1S/C7H10.Mn/c1-6-4-3-5-7(6)2;/h3-4H,5H2,1-2H3;. The Bertz CT molecular complexity index is 131. The summed E-state index contributed by atoms with van der Waals surface area (Å²) in [7, 11) is 0. The van der Waals surface area contributed by atoms with Crippen LogP contribution in [-0.2, 0) is 17.1 Å². The van der Waals surface area contributed by atoms with E-state index in [1.54, 1.807) is 0 Å². The quantitative estimate of drug-likeness (QED) is 0.463. The molecule has 0 aromatic heterocycles. The molecular weight excluding hydrogens is 139 g/mol. The molecule has 0 atom stereocenters. The maximum absolute atomic E-state index is 2.20. The molecule has 0 saturated carbocycles. The Balaban J connectivity index is 0.000000490. The van der Waals surface area contributed by atoms with Crippen LogP contribution in [0.3, 0.4) is 0 Å². The van der Waals surface area contributed by atoms with Crippen LogP contribution in [0, 0.1) is 0 Å². The van der Waals surface area contributed by atoms with E-state index < -0.39 is 0 Å². The molecule has 1 rings (SSSR count). The number of hydrogen-bond donors (Lipinski definition) is 0. The third kappa shape index (κ3) is 1.50. The molecule has 0 N–H and O–H groups in total. The van der Waals surface area contributed by atoms with Crippen LogP contribution in [0.2, 0.25) is 0 Å². The average Bonchev–Trinajstić information content (AvgIpc) is 1.91. The van der Waals surface area contributed by atoms with Crippen LogP contribution in [0.15, 0.2) is 23.3 Å². The first-order chi connectivity index (χ1) is 3.30. The largest absolute Gasteiger partial charge is 0.0802 e. The van der Waals surface area contributed by atoms with Gasteiger partial charge in [0.2, 0.25) is 0 Å². The SMILES string of the molecule is CC1=C(C)CC=C1.[Mn].